The number of rotatable bonds is 3. The van der Waals surface area contributed by atoms with Crippen molar-refractivity contribution in [3.63, 3.8) is 0 Å². The second kappa shape index (κ2) is 5.70. The topological polar surface area (TPSA) is 64.5 Å². The van der Waals surface area contributed by atoms with Gasteiger partial charge in [0.2, 0.25) is 0 Å². The average Bonchev–Trinajstić information content (AvgIpc) is 3.27. The Bertz CT molecular complexity index is 887. The minimum atomic E-state index is 0.621. The van der Waals surface area contributed by atoms with Crippen LogP contribution in [0.15, 0.2) is 54.4 Å². The molecule has 0 atom stereocenters. The summed E-state index contributed by atoms with van der Waals surface area (Å²) in [6.07, 6.45) is 7.10. The first-order valence-corrected chi connectivity index (χ1v) is 8.16. The Balaban J connectivity index is 1.72. The van der Waals surface area contributed by atoms with Crippen LogP contribution in [-0.2, 0) is 0 Å². The van der Waals surface area contributed by atoms with Crippen molar-refractivity contribution in [3.8, 4) is 32.7 Å². The van der Waals surface area contributed by atoms with Crippen LogP contribution in [0.4, 0.5) is 0 Å². The molecule has 5 nitrogen and oxygen atoms in total. The minimum Gasteiger partial charge on any atom is -0.244 e. The number of aromatic nitrogens is 5. The third kappa shape index (κ3) is 2.51. The van der Waals surface area contributed by atoms with Crippen molar-refractivity contribution in [2.75, 3.05) is 0 Å². The second-order valence-corrected chi connectivity index (χ2v) is 6.11. The highest BCUT2D eigenvalue weighted by Crippen LogP contribution is 2.32. The van der Waals surface area contributed by atoms with E-state index < -0.39 is 0 Å². The fourth-order valence-corrected chi connectivity index (χ4v) is 3.43. The van der Waals surface area contributed by atoms with E-state index in [2.05, 4.69) is 24.3 Å². The standard InChI is InChI=1S/C15H9N5S2/c1-3-11(20-12(4-1)14-16-5-2-6-17-14)13-8-18-15(22-13)10-7-19-21-9-10/h1-9H. The molecule has 0 saturated carbocycles. The highest BCUT2D eigenvalue weighted by atomic mass is 32.1. The van der Waals surface area contributed by atoms with Gasteiger partial charge >= 0.3 is 0 Å². The van der Waals surface area contributed by atoms with E-state index in [1.54, 1.807) is 29.8 Å². The van der Waals surface area contributed by atoms with E-state index in [4.69, 9.17) is 0 Å². The lowest BCUT2D eigenvalue weighted by molar-refractivity contribution is 1.14. The number of nitrogens with zero attached hydrogens (tertiary/aromatic N) is 5. The fraction of sp³-hybridized carbons (Fsp3) is 0. The molecule has 0 aliphatic carbocycles. The van der Waals surface area contributed by atoms with Crippen LogP contribution >= 0.6 is 22.9 Å². The molecule has 4 aromatic rings. The molecule has 0 spiro atoms. The SMILES string of the molecule is c1cnc(-c2cccc(-c3cnc(-c4cnsc4)s3)n2)nc1. The van der Waals surface area contributed by atoms with Crippen molar-refractivity contribution < 1.29 is 0 Å². The molecule has 0 saturated heterocycles. The molecule has 0 unspecified atom stereocenters. The van der Waals surface area contributed by atoms with Crippen LogP contribution in [0.1, 0.15) is 0 Å². The van der Waals surface area contributed by atoms with Gasteiger partial charge in [0.1, 0.15) is 10.7 Å². The summed E-state index contributed by atoms with van der Waals surface area (Å²) in [5.74, 6) is 0.621. The monoisotopic (exact) mass is 323 g/mol. The van der Waals surface area contributed by atoms with E-state index in [0.29, 0.717) is 5.82 Å². The molecule has 0 N–H and O–H groups in total. The van der Waals surface area contributed by atoms with E-state index in [1.807, 2.05) is 36.0 Å². The molecule has 0 radical (unpaired) electrons. The summed E-state index contributed by atoms with van der Waals surface area (Å²) in [4.78, 5) is 18.6. The third-order valence-electron chi connectivity index (χ3n) is 2.98. The predicted molar refractivity (Wildman–Crippen MR) is 87.5 cm³/mol. The van der Waals surface area contributed by atoms with Gasteiger partial charge in [-0.05, 0) is 29.7 Å². The van der Waals surface area contributed by atoms with Crippen molar-refractivity contribution in [3.05, 3.63) is 54.4 Å². The molecule has 0 aromatic carbocycles. The zero-order chi connectivity index (χ0) is 14.8. The van der Waals surface area contributed by atoms with Gasteiger partial charge in [-0.2, -0.15) is 0 Å². The molecule has 0 aliphatic rings. The summed E-state index contributed by atoms with van der Waals surface area (Å²) < 4.78 is 4.11. The maximum Gasteiger partial charge on any atom is 0.178 e. The molecule has 7 heteroatoms. The van der Waals surface area contributed by atoms with Crippen LogP contribution in [0.3, 0.4) is 0 Å². The molecule has 0 fully saturated rings. The lowest BCUT2D eigenvalue weighted by Gasteiger charge is -2.01. The van der Waals surface area contributed by atoms with E-state index in [0.717, 1.165) is 26.8 Å². The normalized spacial score (nSPS) is 10.7. The van der Waals surface area contributed by atoms with E-state index in [1.165, 1.54) is 11.5 Å². The molecule has 4 heterocycles. The van der Waals surface area contributed by atoms with E-state index in [9.17, 15) is 0 Å². The molecule has 4 aromatic heterocycles. The highest BCUT2D eigenvalue weighted by molar-refractivity contribution is 7.18. The Morgan fingerprint density at radius 2 is 1.73 bits per heavy atom. The van der Waals surface area contributed by atoms with Crippen molar-refractivity contribution in [2.24, 2.45) is 0 Å². The maximum atomic E-state index is 4.64. The number of thiazole rings is 1. The second-order valence-electron chi connectivity index (χ2n) is 4.42. The van der Waals surface area contributed by atoms with Crippen LogP contribution in [0.25, 0.3) is 32.7 Å². The van der Waals surface area contributed by atoms with Gasteiger partial charge in [-0.15, -0.1) is 11.3 Å². The van der Waals surface area contributed by atoms with Gasteiger partial charge in [-0.1, -0.05) is 6.07 Å². The van der Waals surface area contributed by atoms with Crippen molar-refractivity contribution >= 4 is 22.9 Å². The quantitative estimate of drug-likeness (QED) is 0.574. The molecule has 0 amide bonds. The van der Waals surface area contributed by atoms with E-state index >= 15 is 0 Å². The molecule has 0 bridgehead atoms. The van der Waals surface area contributed by atoms with Gasteiger partial charge in [0.25, 0.3) is 0 Å². The predicted octanol–water partition coefficient (Wildman–Crippen LogP) is 3.79. The van der Waals surface area contributed by atoms with Crippen LogP contribution < -0.4 is 0 Å². The highest BCUT2D eigenvalue weighted by Gasteiger charge is 2.10. The first kappa shape index (κ1) is 13.2. The molecule has 4 rings (SSSR count). The number of hydrogen-bond acceptors (Lipinski definition) is 7. The molecule has 0 aliphatic heterocycles. The molecular weight excluding hydrogens is 314 g/mol. The Morgan fingerprint density at radius 1 is 0.864 bits per heavy atom. The summed E-state index contributed by atoms with van der Waals surface area (Å²) in [7, 11) is 0. The van der Waals surface area contributed by atoms with Crippen molar-refractivity contribution in [1.82, 2.24) is 24.3 Å². The summed E-state index contributed by atoms with van der Waals surface area (Å²) in [6, 6.07) is 7.62. The zero-order valence-electron chi connectivity index (χ0n) is 11.2. The Morgan fingerprint density at radius 3 is 2.55 bits per heavy atom. The van der Waals surface area contributed by atoms with Gasteiger partial charge in [0.15, 0.2) is 5.82 Å². The van der Waals surface area contributed by atoms with Gasteiger partial charge in [-0.3, -0.25) is 0 Å². The lowest BCUT2D eigenvalue weighted by atomic mass is 10.2. The smallest absolute Gasteiger partial charge is 0.178 e. The molecular formula is C15H9N5S2. The van der Waals surface area contributed by atoms with Gasteiger partial charge in [0, 0.05) is 29.5 Å². The first-order valence-electron chi connectivity index (χ1n) is 6.50. The van der Waals surface area contributed by atoms with Crippen LogP contribution in [0.5, 0.6) is 0 Å². The van der Waals surface area contributed by atoms with Crippen molar-refractivity contribution in [1.29, 1.82) is 0 Å². The first-order chi connectivity index (χ1) is 10.9. The largest absolute Gasteiger partial charge is 0.244 e. The zero-order valence-corrected chi connectivity index (χ0v) is 12.9. The lowest BCUT2D eigenvalue weighted by Crippen LogP contribution is -1.91. The minimum absolute atomic E-state index is 0.621. The third-order valence-corrected chi connectivity index (χ3v) is 4.64. The fourth-order valence-electron chi connectivity index (χ4n) is 1.96. The van der Waals surface area contributed by atoms with Crippen LogP contribution in [0.2, 0.25) is 0 Å². The van der Waals surface area contributed by atoms with Gasteiger partial charge in [-0.25, -0.2) is 24.3 Å². The average molecular weight is 323 g/mol. The van der Waals surface area contributed by atoms with Crippen molar-refractivity contribution in [2.45, 2.75) is 0 Å². The maximum absolute atomic E-state index is 4.64. The van der Waals surface area contributed by atoms with E-state index in [-0.39, 0.29) is 0 Å². The number of hydrogen-bond donors (Lipinski definition) is 0. The van der Waals surface area contributed by atoms with Crippen LogP contribution in [-0.4, -0.2) is 24.3 Å². The molecule has 106 valence electrons. The number of pyridine rings is 1. The summed E-state index contributed by atoms with van der Waals surface area (Å²) in [5, 5.41) is 2.94. The summed E-state index contributed by atoms with van der Waals surface area (Å²) in [6.45, 7) is 0. The van der Waals surface area contributed by atoms with Gasteiger partial charge in [0.05, 0.1) is 16.8 Å². The Hall–Kier alpha value is -2.51. The molecule has 22 heavy (non-hydrogen) atoms. The Labute approximate surface area is 134 Å². The summed E-state index contributed by atoms with van der Waals surface area (Å²) in [5.41, 5.74) is 2.67. The van der Waals surface area contributed by atoms with Gasteiger partial charge < -0.3 is 0 Å². The Kier molecular flexibility index (Phi) is 3.42. The van der Waals surface area contributed by atoms with Crippen LogP contribution in [0, 0.1) is 0 Å². The summed E-state index contributed by atoms with van der Waals surface area (Å²) >= 11 is 3.02.